The third-order valence-corrected chi connectivity index (χ3v) is 3.53. The van der Waals surface area contributed by atoms with Gasteiger partial charge in [0.1, 0.15) is 12.9 Å². The Kier molecular flexibility index (Phi) is 4.88. The summed E-state index contributed by atoms with van der Waals surface area (Å²) in [5, 5.41) is 4.14. The molecule has 21 heavy (non-hydrogen) atoms. The summed E-state index contributed by atoms with van der Waals surface area (Å²) in [6.07, 6.45) is 0.832. The highest BCUT2D eigenvalue weighted by Crippen LogP contribution is 2.12. The summed E-state index contributed by atoms with van der Waals surface area (Å²) in [6, 6.07) is 13.5. The minimum Gasteiger partial charge on any atom is -0.391 e. The Morgan fingerprint density at radius 2 is 1.90 bits per heavy atom. The third kappa shape index (κ3) is 3.78. The van der Waals surface area contributed by atoms with Gasteiger partial charge in [0.15, 0.2) is 0 Å². The summed E-state index contributed by atoms with van der Waals surface area (Å²) in [7, 11) is 0. The van der Waals surface area contributed by atoms with Crippen molar-refractivity contribution in [1.82, 2.24) is 0 Å². The smallest absolute Gasteiger partial charge is 0.150 e. The van der Waals surface area contributed by atoms with Crippen molar-refractivity contribution in [2.24, 2.45) is 5.16 Å². The van der Waals surface area contributed by atoms with E-state index in [1.54, 1.807) is 6.07 Å². The first-order chi connectivity index (χ1) is 10.1. The molecule has 0 aliphatic heterocycles. The Hall–Kier alpha value is -2.42. The maximum Gasteiger partial charge on any atom is 0.150 e. The summed E-state index contributed by atoms with van der Waals surface area (Å²) in [4.78, 5) is 16.3. The fourth-order valence-corrected chi connectivity index (χ4v) is 2.00. The summed E-state index contributed by atoms with van der Waals surface area (Å²) in [6.45, 7) is 6.36. The molecule has 0 fully saturated rings. The monoisotopic (exact) mass is 281 g/mol. The zero-order valence-corrected chi connectivity index (χ0v) is 12.6. The molecule has 0 saturated carbocycles. The summed E-state index contributed by atoms with van der Waals surface area (Å²) in [5.74, 6) is 0. The third-order valence-electron chi connectivity index (χ3n) is 3.53. The molecule has 3 heteroatoms. The van der Waals surface area contributed by atoms with Crippen LogP contribution in [0, 0.1) is 13.8 Å². The normalized spacial score (nSPS) is 11.3. The fourth-order valence-electron chi connectivity index (χ4n) is 2.00. The number of carbonyl (C=O) groups is 1. The average molecular weight is 281 g/mol. The van der Waals surface area contributed by atoms with E-state index in [2.05, 4.69) is 31.1 Å². The Morgan fingerprint density at radius 3 is 2.62 bits per heavy atom. The highest BCUT2D eigenvalue weighted by molar-refractivity contribution is 5.98. The van der Waals surface area contributed by atoms with Crippen LogP contribution in [0.4, 0.5) is 0 Å². The van der Waals surface area contributed by atoms with Crippen LogP contribution in [0.1, 0.15) is 39.5 Å². The van der Waals surface area contributed by atoms with Crippen LogP contribution in [0.15, 0.2) is 47.6 Å². The number of aryl methyl sites for hydroxylation is 2. The standard InChI is InChI=1S/C18H19NO2/c1-13-8-9-16(10-14(13)2)15(3)19-21-12-18-7-5-4-6-17(18)11-20/h4-11H,12H2,1-3H3. The fraction of sp³-hybridized carbons (Fsp3) is 0.222. The van der Waals surface area contributed by atoms with Crippen LogP contribution in [0.25, 0.3) is 0 Å². The van der Waals surface area contributed by atoms with Gasteiger partial charge in [-0.15, -0.1) is 0 Å². The lowest BCUT2D eigenvalue weighted by Gasteiger charge is -2.06. The minimum atomic E-state index is 0.289. The maximum atomic E-state index is 10.9. The van der Waals surface area contributed by atoms with E-state index >= 15 is 0 Å². The predicted octanol–water partition coefficient (Wildman–Crippen LogP) is 4.06. The largest absolute Gasteiger partial charge is 0.391 e. The number of carbonyl (C=O) groups excluding carboxylic acids is 1. The lowest BCUT2D eigenvalue weighted by molar-refractivity contribution is 0.110. The zero-order valence-electron chi connectivity index (χ0n) is 12.6. The average Bonchev–Trinajstić information content (AvgIpc) is 2.50. The van der Waals surface area contributed by atoms with Crippen LogP contribution >= 0.6 is 0 Å². The molecule has 0 amide bonds. The number of oxime groups is 1. The molecule has 0 radical (unpaired) electrons. The molecule has 0 spiro atoms. The highest BCUT2D eigenvalue weighted by Gasteiger charge is 2.02. The van der Waals surface area contributed by atoms with Crippen LogP contribution in [0.5, 0.6) is 0 Å². The maximum absolute atomic E-state index is 10.9. The molecule has 0 aromatic heterocycles. The van der Waals surface area contributed by atoms with E-state index in [1.807, 2.05) is 31.2 Å². The molecule has 0 unspecified atom stereocenters. The van der Waals surface area contributed by atoms with Crippen molar-refractivity contribution < 1.29 is 9.63 Å². The first kappa shape index (κ1) is 15.0. The highest BCUT2D eigenvalue weighted by atomic mass is 16.6. The molecule has 0 heterocycles. The number of hydrogen-bond donors (Lipinski definition) is 0. The number of rotatable bonds is 5. The lowest BCUT2D eigenvalue weighted by atomic mass is 10.0. The van der Waals surface area contributed by atoms with Crippen molar-refractivity contribution in [1.29, 1.82) is 0 Å². The molecule has 0 atom stereocenters. The van der Waals surface area contributed by atoms with Gasteiger partial charge in [0.2, 0.25) is 0 Å². The van der Waals surface area contributed by atoms with Crippen molar-refractivity contribution in [3.8, 4) is 0 Å². The van der Waals surface area contributed by atoms with Crippen LogP contribution in [0.3, 0.4) is 0 Å². The number of aldehydes is 1. The van der Waals surface area contributed by atoms with Crippen LogP contribution in [-0.2, 0) is 11.4 Å². The van der Waals surface area contributed by atoms with E-state index in [1.165, 1.54) is 11.1 Å². The summed E-state index contributed by atoms with van der Waals surface area (Å²) in [5.41, 5.74) is 5.82. The quantitative estimate of drug-likeness (QED) is 0.471. The van der Waals surface area contributed by atoms with Gasteiger partial charge in [-0.3, -0.25) is 4.79 Å². The Bertz CT molecular complexity index is 675. The molecule has 0 aliphatic carbocycles. The molecule has 2 aromatic carbocycles. The van der Waals surface area contributed by atoms with E-state index in [0.29, 0.717) is 5.56 Å². The molecule has 0 bridgehead atoms. The van der Waals surface area contributed by atoms with Gasteiger partial charge in [-0.05, 0) is 43.5 Å². The molecular formula is C18H19NO2. The number of hydrogen-bond acceptors (Lipinski definition) is 3. The molecule has 3 nitrogen and oxygen atoms in total. The molecule has 0 saturated heterocycles. The van der Waals surface area contributed by atoms with E-state index < -0.39 is 0 Å². The number of benzene rings is 2. The van der Waals surface area contributed by atoms with E-state index in [-0.39, 0.29) is 6.61 Å². The summed E-state index contributed by atoms with van der Waals surface area (Å²) < 4.78 is 0. The Morgan fingerprint density at radius 1 is 1.14 bits per heavy atom. The molecule has 108 valence electrons. The first-order valence-corrected chi connectivity index (χ1v) is 6.89. The van der Waals surface area contributed by atoms with Gasteiger partial charge in [0.05, 0.1) is 5.71 Å². The van der Waals surface area contributed by atoms with Crippen molar-refractivity contribution in [2.45, 2.75) is 27.4 Å². The van der Waals surface area contributed by atoms with Crippen molar-refractivity contribution in [2.75, 3.05) is 0 Å². The van der Waals surface area contributed by atoms with Gasteiger partial charge < -0.3 is 4.84 Å². The molecule has 0 N–H and O–H groups in total. The second-order valence-corrected chi connectivity index (χ2v) is 5.07. The molecule has 0 aliphatic rings. The molecular weight excluding hydrogens is 262 g/mol. The first-order valence-electron chi connectivity index (χ1n) is 6.89. The topological polar surface area (TPSA) is 38.7 Å². The molecule has 2 aromatic rings. The van der Waals surface area contributed by atoms with Gasteiger partial charge in [-0.2, -0.15) is 0 Å². The Labute approximate surface area is 125 Å². The zero-order chi connectivity index (χ0) is 15.2. The van der Waals surface area contributed by atoms with Gasteiger partial charge in [0.25, 0.3) is 0 Å². The van der Waals surface area contributed by atoms with Crippen LogP contribution < -0.4 is 0 Å². The summed E-state index contributed by atoms with van der Waals surface area (Å²) >= 11 is 0. The van der Waals surface area contributed by atoms with E-state index in [9.17, 15) is 4.79 Å². The lowest BCUT2D eigenvalue weighted by Crippen LogP contribution is -1.99. The van der Waals surface area contributed by atoms with Crippen molar-refractivity contribution in [3.63, 3.8) is 0 Å². The van der Waals surface area contributed by atoms with Gasteiger partial charge in [0, 0.05) is 11.1 Å². The van der Waals surface area contributed by atoms with Crippen molar-refractivity contribution >= 4 is 12.0 Å². The molecule has 2 rings (SSSR count). The van der Waals surface area contributed by atoms with Gasteiger partial charge in [-0.25, -0.2) is 0 Å². The van der Waals surface area contributed by atoms with Gasteiger partial charge >= 0.3 is 0 Å². The Balaban J connectivity index is 2.06. The van der Waals surface area contributed by atoms with Crippen LogP contribution in [0.2, 0.25) is 0 Å². The predicted molar refractivity (Wildman–Crippen MR) is 84.7 cm³/mol. The van der Waals surface area contributed by atoms with Crippen molar-refractivity contribution in [3.05, 3.63) is 70.3 Å². The second-order valence-electron chi connectivity index (χ2n) is 5.07. The second kappa shape index (κ2) is 6.84. The SMILES string of the molecule is CC(=NOCc1ccccc1C=O)c1ccc(C)c(C)c1. The van der Waals surface area contributed by atoms with Crippen LogP contribution in [-0.4, -0.2) is 12.0 Å². The van der Waals surface area contributed by atoms with E-state index in [4.69, 9.17) is 4.84 Å². The minimum absolute atomic E-state index is 0.289. The number of nitrogens with zero attached hydrogens (tertiary/aromatic N) is 1. The van der Waals surface area contributed by atoms with Gasteiger partial charge in [-0.1, -0.05) is 41.6 Å². The van der Waals surface area contributed by atoms with E-state index in [0.717, 1.165) is 23.1 Å².